The highest BCUT2D eigenvalue weighted by Gasteiger charge is 2.14. The van der Waals surface area contributed by atoms with Crippen molar-refractivity contribution in [1.29, 1.82) is 0 Å². The van der Waals surface area contributed by atoms with Crippen LogP contribution in [0.3, 0.4) is 0 Å². The highest BCUT2D eigenvalue weighted by atomic mass is 16.4. The number of fused-ring (bicyclic) bond motifs is 2. The second-order valence-electron chi connectivity index (χ2n) is 5.38. The van der Waals surface area contributed by atoms with Crippen LogP contribution < -0.4 is 5.63 Å². The van der Waals surface area contributed by atoms with Crippen LogP contribution in [0, 0.1) is 0 Å². The summed E-state index contributed by atoms with van der Waals surface area (Å²) in [6, 6.07) is 22.0. The third-order valence-corrected chi connectivity index (χ3v) is 3.91. The van der Waals surface area contributed by atoms with Crippen LogP contribution in [0.4, 0.5) is 0 Å². The van der Waals surface area contributed by atoms with Gasteiger partial charge in [0, 0.05) is 5.56 Å². The van der Waals surface area contributed by atoms with Crippen molar-refractivity contribution in [3.8, 4) is 0 Å². The summed E-state index contributed by atoms with van der Waals surface area (Å²) in [7, 11) is 0. The highest BCUT2D eigenvalue weighted by Crippen LogP contribution is 2.19. The summed E-state index contributed by atoms with van der Waals surface area (Å²) in [5.74, 6) is -0.234. The largest absolute Gasteiger partial charge is 0.419 e. The Hall–Kier alpha value is -3.20. The lowest BCUT2D eigenvalue weighted by molar-refractivity contribution is 0.101. The second kappa shape index (κ2) is 5.21. The Bertz CT molecular complexity index is 1110. The van der Waals surface area contributed by atoms with Gasteiger partial charge in [-0.3, -0.25) is 4.79 Å². The maximum atomic E-state index is 12.7. The molecule has 0 saturated carbocycles. The summed E-state index contributed by atoms with van der Waals surface area (Å²) in [4.78, 5) is 24.7. The molecular formula is C20H12O3. The molecule has 0 radical (unpaired) electrons. The summed E-state index contributed by atoms with van der Waals surface area (Å²) in [6.07, 6.45) is 0. The van der Waals surface area contributed by atoms with Crippen LogP contribution in [-0.4, -0.2) is 5.78 Å². The van der Waals surface area contributed by atoms with Crippen LogP contribution in [0.15, 0.2) is 82.0 Å². The quantitative estimate of drug-likeness (QED) is 0.522. The van der Waals surface area contributed by atoms with Gasteiger partial charge in [0.25, 0.3) is 0 Å². The van der Waals surface area contributed by atoms with Crippen molar-refractivity contribution in [3.63, 3.8) is 0 Å². The molecule has 1 heterocycles. The Morgan fingerprint density at radius 2 is 1.43 bits per heavy atom. The van der Waals surface area contributed by atoms with Gasteiger partial charge < -0.3 is 4.42 Å². The molecule has 0 saturated heterocycles. The van der Waals surface area contributed by atoms with Gasteiger partial charge in [-0.05, 0) is 34.4 Å². The van der Waals surface area contributed by atoms with Gasteiger partial charge in [-0.25, -0.2) is 4.79 Å². The van der Waals surface area contributed by atoms with E-state index in [1.807, 2.05) is 42.5 Å². The SMILES string of the molecule is O=C(c1ccc2ccccc2c1)c1cc2ccccc2c(=O)o1. The van der Waals surface area contributed by atoms with Crippen LogP contribution in [0.25, 0.3) is 21.5 Å². The fourth-order valence-electron chi connectivity index (χ4n) is 2.72. The average Bonchev–Trinajstić information content (AvgIpc) is 2.60. The first kappa shape index (κ1) is 13.5. The zero-order valence-corrected chi connectivity index (χ0v) is 12.2. The molecule has 1 aromatic heterocycles. The minimum absolute atomic E-state index is 0.0592. The van der Waals surface area contributed by atoms with Crippen LogP contribution in [0.2, 0.25) is 0 Å². The van der Waals surface area contributed by atoms with Crippen molar-refractivity contribution in [3.05, 3.63) is 94.5 Å². The van der Waals surface area contributed by atoms with Gasteiger partial charge in [-0.1, -0.05) is 54.6 Å². The van der Waals surface area contributed by atoms with E-state index in [0.717, 1.165) is 10.8 Å². The molecule has 0 spiro atoms. The fourth-order valence-corrected chi connectivity index (χ4v) is 2.72. The minimum atomic E-state index is -0.493. The van der Waals surface area contributed by atoms with Gasteiger partial charge >= 0.3 is 5.63 Å². The first-order valence-corrected chi connectivity index (χ1v) is 7.29. The number of hydrogen-bond donors (Lipinski definition) is 0. The summed E-state index contributed by atoms with van der Waals surface area (Å²) in [5.41, 5.74) is 0.00868. The van der Waals surface area contributed by atoms with E-state index in [0.29, 0.717) is 16.3 Å². The normalized spacial score (nSPS) is 11.0. The Kier molecular flexibility index (Phi) is 3.05. The Balaban J connectivity index is 1.85. The molecule has 3 heteroatoms. The van der Waals surface area contributed by atoms with Gasteiger partial charge in [0.15, 0.2) is 5.76 Å². The Morgan fingerprint density at radius 1 is 0.739 bits per heavy atom. The molecular weight excluding hydrogens is 288 g/mol. The smallest absolute Gasteiger partial charge is 0.344 e. The molecule has 0 N–H and O–H groups in total. The third-order valence-electron chi connectivity index (χ3n) is 3.91. The molecule has 110 valence electrons. The monoisotopic (exact) mass is 300 g/mol. The van der Waals surface area contributed by atoms with Crippen molar-refractivity contribution < 1.29 is 9.21 Å². The van der Waals surface area contributed by atoms with Crippen molar-refractivity contribution in [2.45, 2.75) is 0 Å². The number of ketones is 1. The molecule has 3 nitrogen and oxygen atoms in total. The zero-order chi connectivity index (χ0) is 15.8. The van der Waals surface area contributed by atoms with Crippen molar-refractivity contribution in [2.75, 3.05) is 0 Å². The Labute approximate surface area is 131 Å². The average molecular weight is 300 g/mol. The number of benzene rings is 3. The predicted octanol–water partition coefficient (Wildman–Crippen LogP) is 4.18. The van der Waals surface area contributed by atoms with E-state index >= 15 is 0 Å². The topological polar surface area (TPSA) is 47.3 Å². The van der Waals surface area contributed by atoms with Crippen LogP contribution in [-0.2, 0) is 0 Å². The molecule has 0 bridgehead atoms. The fraction of sp³-hybridized carbons (Fsp3) is 0. The lowest BCUT2D eigenvalue weighted by Crippen LogP contribution is -2.08. The molecule has 4 rings (SSSR count). The first-order valence-electron chi connectivity index (χ1n) is 7.29. The lowest BCUT2D eigenvalue weighted by Gasteiger charge is -2.04. The van der Waals surface area contributed by atoms with E-state index in [-0.39, 0.29) is 11.5 Å². The molecule has 0 fully saturated rings. The summed E-state index contributed by atoms with van der Waals surface area (Å²) < 4.78 is 5.21. The molecule has 0 aliphatic heterocycles. The molecule has 0 unspecified atom stereocenters. The van der Waals surface area contributed by atoms with Gasteiger partial charge in [-0.15, -0.1) is 0 Å². The molecule has 3 aromatic carbocycles. The number of carbonyl (C=O) groups is 1. The molecule has 4 aromatic rings. The molecule has 0 aliphatic carbocycles. The van der Waals surface area contributed by atoms with Gasteiger partial charge in [0.2, 0.25) is 5.78 Å². The zero-order valence-electron chi connectivity index (χ0n) is 12.2. The third kappa shape index (κ3) is 2.32. The summed E-state index contributed by atoms with van der Waals surface area (Å²) in [6.45, 7) is 0. The van der Waals surface area contributed by atoms with Gasteiger partial charge in [0.05, 0.1) is 5.39 Å². The predicted molar refractivity (Wildman–Crippen MR) is 89.9 cm³/mol. The van der Waals surface area contributed by atoms with E-state index in [1.54, 1.807) is 30.3 Å². The number of hydrogen-bond acceptors (Lipinski definition) is 3. The van der Waals surface area contributed by atoms with Gasteiger partial charge in [-0.2, -0.15) is 0 Å². The summed E-state index contributed by atoms with van der Waals surface area (Å²) in [5, 5.41) is 3.21. The van der Waals surface area contributed by atoms with E-state index in [1.165, 1.54) is 0 Å². The van der Waals surface area contributed by atoms with Gasteiger partial charge in [0.1, 0.15) is 0 Å². The Morgan fingerprint density at radius 3 is 2.26 bits per heavy atom. The van der Waals surface area contributed by atoms with Crippen molar-refractivity contribution >= 4 is 27.3 Å². The first-order chi connectivity index (χ1) is 11.2. The second-order valence-corrected chi connectivity index (χ2v) is 5.38. The van der Waals surface area contributed by atoms with E-state index in [2.05, 4.69) is 0 Å². The standard InChI is InChI=1S/C20H12O3/c21-19(16-10-9-13-5-1-2-6-14(13)11-16)18-12-15-7-3-4-8-17(15)20(22)23-18/h1-12H. The maximum absolute atomic E-state index is 12.7. The minimum Gasteiger partial charge on any atom is -0.419 e. The number of carbonyl (C=O) groups excluding carboxylic acids is 1. The molecule has 23 heavy (non-hydrogen) atoms. The van der Waals surface area contributed by atoms with E-state index < -0.39 is 5.63 Å². The lowest BCUT2D eigenvalue weighted by atomic mass is 10.0. The van der Waals surface area contributed by atoms with E-state index in [9.17, 15) is 9.59 Å². The van der Waals surface area contributed by atoms with E-state index in [4.69, 9.17) is 4.42 Å². The molecule has 0 atom stereocenters. The van der Waals surface area contributed by atoms with Crippen LogP contribution in [0.5, 0.6) is 0 Å². The highest BCUT2D eigenvalue weighted by molar-refractivity contribution is 6.10. The summed E-state index contributed by atoms with van der Waals surface area (Å²) >= 11 is 0. The van der Waals surface area contributed by atoms with Crippen LogP contribution >= 0.6 is 0 Å². The maximum Gasteiger partial charge on any atom is 0.344 e. The van der Waals surface area contributed by atoms with Crippen LogP contribution in [0.1, 0.15) is 16.1 Å². The molecule has 0 aliphatic rings. The van der Waals surface area contributed by atoms with Crippen molar-refractivity contribution in [2.24, 2.45) is 0 Å². The van der Waals surface area contributed by atoms with Crippen molar-refractivity contribution in [1.82, 2.24) is 0 Å². The molecule has 0 amide bonds. The number of rotatable bonds is 2.